The average Bonchev–Trinajstić information content (AvgIpc) is 2.48. The molecule has 0 radical (unpaired) electrons. The average molecular weight is 307 g/mol. The lowest BCUT2D eigenvalue weighted by Gasteiger charge is -2.34. The summed E-state index contributed by atoms with van der Waals surface area (Å²) in [5, 5.41) is 6.45. The first-order valence-electron chi connectivity index (χ1n) is 7.93. The van der Waals surface area contributed by atoms with Gasteiger partial charge in [0.2, 0.25) is 5.91 Å². The minimum atomic E-state index is -0.363. The van der Waals surface area contributed by atoms with Gasteiger partial charge in [0.1, 0.15) is 5.82 Å². The Kier molecular flexibility index (Phi) is 5.91. The lowest BCUT2D eigenvalue weighted by molar-refractivity contribution is -0.119. The van der Waals surface area contributed by atoms with Gasteiger partial charge in [0.15, 0.2) is 0 Å². The Morgan fingerprint density at radius 3 is 2.55 bits per heavy atom. The minimum absolute atomic E-state index is 0.0331. The zero-order valence-corrected chi connectivity index (χ0v) is 13.6. The van der Waals surface area contributed by atoms with E-state index in [4.69, 9.17) is 0 Å². The third-order valence-electron chi connectivity index (χ3n) is 4.32. The Morgan fingerprint density at radius 2 is 1.95 bits per heavy atom. The number of hydrogen-bond donors (Lipinski definition) is 2. The topological polar surface area (TPSA) is 44.4 Å². The van der Waals surface area contributed by atoms with Crippen LogP contribution in [-0.2, 0) is 4.79 Å². The van der Waals surface area contributed by atoms with Crippen LogP contribution in [0, 0.1) is 5.82 Å². The quantitative estimate of drug-likeness (QED) is 0.875. The van der Waals surface area contributed by atoms with Gasteiger partial charge in [-0.05, 0) is 46.0 Å². The molecule has 0 aliphatic carbocycles. The van der Waals surface area contributed by atoms with Gasteiger partial charge in [-0.2, -0.15) is 0 Å². The van der Waals surface area contributed by atoms with E-state index in [1.807, 2.05) is 6.92 Å². The maximum absolute atomic E-state index is 14.1. The molecule has 22 heavy (non-hydrogen) atoms. The molecule has 2 N–H and O–H groups in total. The van der Waals surface area contributed by atoms with Crippen LogP contribution in [0.25, 0.3) is 0 Å². The van der Waals surface area contributed by atoms with Crippen molar-refractivity contribution in [2.75, 3.05) is 20.1 Å². The number of nitrogens with zero attached hydrogens (tertiary/aromatic N) is 1. The highest BCUT2D eigenvalue weighted by molar-refractivity contribution is 5.73. The van der Waals surface area contributed by atoms with Crippen molar-refractivity contribution in [3.05, 3.63) is 35.6 Å². The fourth-order valence-corrected chi connectivity index (χ4v) is 3.06. The summed E-state index contributed by atoms with van der Waals surface area (Å²) in [4.78, 5) is 13.8. The van der Waals surface area contributed by atoms with Crippen LogP contribution >= 0.6 is 0 Å². The zero-order chi connectivity index (χ0) is 16.1. The lowest BCUT2D eigenvalue weighted by atomic mass is 9.97. The zero-order valence-electron chi connectivity index (χ0n) is 13.6. The SMILES string of the molecule is CC(=O)NC(c1ccccc1F)C(C)NC1CCN(C)CC1. The minimum Gasteiger partial charge on any atom is -0.348 e. The van der Waals surface area contributed by atoms with E-state index in [0.717, 1.165) is 25.9 Å². The summed E-state index contributed by atoms with van der Waals surface area (Å²) in [6, 6.07) is 6.66. The van der Waals surface area contributed by atoms with Crippen LogP contribution in [0.3, 0.4) is 0 Å². The molecule has 1 amide bonds. The molecular weight excluding hydrogens is 281 g/mol. The van der Waals surface area contributed by atoms with Crippen molar-refractivity contribution in [1.82, 2.24) is 15.5 Å². The molecular formula is C17H26FN3O. The van der Waals surface area contributed by atoms with Crippen LogP contribution in [-0.4, -0.2) is 43.0 Å². The first kappa shape index (κ1) is 16.9. The molecule has 2 rings (SSSR count). The molecule has 0 saturated carbocycles. The predicted molar refractivity (Wildman–Crippen MR) is 86.1 cm³/mol. The fraction of sp³-hybridized carbons (Fsp3) is 0.588. The van der Waals surface area contributed by atoms with Gasteiger partial charge < -0.3 is 15.5 Å². The lowest BCUT2D eigenvalue weighted by Crippen LogP contribution is -2.49. The van der Waals surface area contributed by atoms with E-state index < -0.39 is 0 Å². The monoisotopic (exact) mass is 307 g/mol. The summed E-state index contributed by atoms with van der Waals surface area (Å²) in [5.74, 6) is -0.427. The molecule has 0 aromatic heterocycles. The molecule has 1 aliphatic rings. The van der Waals surface area contributed by atoms with Gasteiger partial charge in [0.05, 0.1) is 6.04 Å². The fourth-order valence-electron chi connectivity index (χ4n) is 3.06. The number of rotatable bonds is 5. The standard InChI is InChI=1S/C17H26FN3O/c1-12(19-14-8-10-21(3)11-9-14)17(20-13(2)22)15-6-4-5-7-16(15)18/h4-7,12,14,17,19H,8-11H2,1-3H3,(H,20,22). The van der Waals surface area contributed by atoms with Crippen molar-refractivity contribution in [1.29, 1.82) is 0 Å². The second-order valence-corrected chi connectivity index (χ2v) is 6.23. The molecule has 1 heterocycles. The molecule has 0 bridgehead atoms. The van der Waals surface area contributed by atoms with E-state index in [9.17, 15) is 9.18 Å². The van der Waals surface area contributed by atoms with Crippen molar-refractivity contribution in [3.63, 3.8) is 0 Å². The normalized spacial score (nSPS) is 19.6. The number of likely N-dealkylation sites (tertiary alicyclic amines) is 1. The number of piperidine rings is 1. The largest absolute Gasteiger partial charge is 0.348 e. The first-order valence-corrected chi connectivity index (χ1v) is 7.93. The van der Waals surface area contributed by atoms with Crippen LogP contribution in [0.15, 0.2) is 24.3 Å². The highest BCUT2D eigenvalue weighted by atomic mass is 19.1. The van der Waals surface area contributed by atoms with Crippen LogP contribution in [0.5, 0.6) is 0 Å². The van der Waals surface area contributed by atoms with Crippen molar-refractivity contribution in [3.8, 4) is 0 Å². The predicted octanol–water partition coefficient (Wildman–Crippen LogP) is 2.08. The van der Waals surface area contributed by atoms with E-state index in [0.29, 0.717) is 11.6 Å². The van der Waals surface area contributed by atoms with E-state index in [1.165, 1.54) is 13.0 Å². The van der Waals surface area contributed by atoms with Gasteiger partial charge in [0, 0.05) is 24.6 Å². The van der Waals surface area contributed by atoms with Gasteiger partial charge in [-0.3, -0.25) is 4.79 Å². The van der Waals surface area contributed by atoms with E-state index in [-0.39, 0.29) is 23.8 Å². The number of amides is 1. The van der Waals surface area contributed by atoms with Crippen LogP contribution in [0.2, 0.25) is 0 Å². The molecule has 1 fully saturated rings. The van der Waals surface area contributed by atoms with Crippen LogP contribution < -0.4 is 10.6 Å². The number of nitrogens with one attached hydrogen (secondary N) is 2. The van der Waals surface area contributed by atoms with Crippen LogP contribution in [0.4, 0.5) is 4.39 Å². The molecule has 1 aromatic carbocycles. The van der Waals surface area contributed by atoms with Crippen molar-refractivity contribution < 1.29 is 9.18 Å². The number of hydrogen-bond acceptors (Lipinski definition) is 3. The molecule has 5 heteroatoms. The molecule has 2 atom stereocenters. The third-order valence-corrected chi connectivity index (χ3v) is 4.32. The summed E-state index contributed by atoms with van der Waals surface area (Å²) in [7, 11) is 2.12. The summed E-state index contributed by atoms with van der Waals surface area (Å²) >= 11 is 0. The smallest absolute Gasteiger partial charge is 0.217 e. The number of halogens is 1. The highest BCUT2D eigenvalue weighted by Gasteiger charge is 2.26. The van der Waals surface area contributed by atoms with Crippen molar-refractivity contribution in [2.45, 2.75) is 44.8 Å². The highest BCUT2D eigenvalue weighted by Crippen LogP contribution is 2.21. The van der Waals surface area contributed by atoms with Gasteiger partial charge in [-0.25, -0.2) is 4.39 Å². The molecule has 1 saturated heterocycles. The molecule has 1 aliphatic heterocycles. The number of carbonyl (C=O) groups is 1. The van der Waals surface area contributed by atoms with Crippen molar-refractivity contribution >= 4 is 5.91 Å². The van der Waals surface area contributed by atoms with E-state index >= 15 is 0 Å². The third kappa shape index (κ3) is 4.52. The molecule has 0 spiro atoms. The van der Waals surface area contributed by atoms with E-state index in [1.54, 1.807) is 18.2 Å². The molecule has 122 valence electrons. The van der Waals surface area contributed by atoms with Gasteiger partial charge in [-0.15, -0.1) is 0 Å². The van der Waals surface area contributed by atoms with Gasteiger partial charge >= 0.3 is 0 Å². The van der Waals surface area contributed by atoms with Gasteiger partial charge in [0.25, 0.3) is 0 Å². The summed E-state index contributed by atoms with van der Waals surface area (Å²) in [6.07, 6.45) is 2.15. The van der Waals surface area contributed by atoms with Gasteiger partial charge in [-0.1, -0.05) is 18.2 Å². The van der Waals surface area contributed by atoms with Crippen molar-refractivity contribution in [2.24, 2.45) is 0 Å². The summed E-state index contributed by atoms with van der Waals surface area (Å²) in [6.45, 7) is 5.60. The Bertz CT molecular complexity index is 500. The number of benzene rings is 1. The molecule has 1 aromatic rings. The molecule has 2 unspecified atom stereocenters. The Balaban J connectivity index is 2.08. The first-order chi connectivity index (χ1) is 10.5. The maximum atomic E-state index is 14.1. The summed E-state index contributed by atoms with van der Waals surface area (Å²) < 4.78 is 14.1. The second kappa shape index (κ2) is 7.70. The van der Waals surface area contributed by atoms with E-state index in [2.05, 4.69) is 22.6 Å². The summed E-state index contributed by atoms with van der Waals surface area (Å²) in [5.41, 5.74) is 0.533. The maximum Gasteiger partial charge on any atom is 0.217 e. The Morgan fingerprint density at radius 1 is 1.32 bits per heavy atom. The Labute approximate surface area is 132 Å². The molecule has 4 nitrogen and oxygen atoms in total. The van der Waals surface area contributed by atoms with Crippen LogP contribution in [0.1, 0.15) is 38.3 Å². The number of carbonyl (C=O) groups excluding carboxylic acids is 1. The Hall–Kier alpha value is -1.46. The second-order valence-electron chi connectivity index (χ2n) is 6.23.